The number of fused-ring (bicyclic) bond motifs is 1. The third kappa shape index (κ3) is 4.12. The second-order valence-electron chi connectivity index (χ2n) is 9.28. The first kappa shape index (κ1) is 23.6. The van der Waals surface area contributed by atoms with Gasteiger partial charge in [0.05, 0.1) is 5.69 Å². The highest BCUT2D eigenvalue weighted by molar-refractivity contribution is 7.21. The van der Waals surface area contributed by atoms with Crippen LogP contribution in [-0.2, 0) is 0 Å². The van der Waals surface area contributed by atoms with Crippen molar-refractivity contribution in [2.24, 2.45) is 0 Å². The van der Waals surface area contributed by atoms with E-state index >= 15 is 0 Å². The maximum absolute atomic E-state index is 13.6. The zero-order chi connectivity index (χ0) is 25.4. The smallest absolute Gasteiger partial charge is 0.266 e. The molecule has 0 bridgehead atoms. The lowest BCUT2D eigenvalue weighted by molar-refractivity contribution is 0.0752. The maximum Gasteiger partial charge on any atom is 0.266 e. The number of rotatable bonds is 4. The van der Waals surface area contributed by atoms with Gasteiger partial charge in [0.15, 0.2) is 0 Å². The molecule has 4 N–H and O–H groups in total. The molecule has 1 amide bonds. The molecular formula is C28H28N6OS. The summed E-state index contributed by atoms with van der Waals surface area (Å²) in [6, 6.07) is 20.5. The molecule has 0 unspecified atom stereocenters. The van der Waals surface area contributed by atoms with Crippen LogP contribution in [0.4, 0.5) is 17.2 Å². The third-order valence-electron chi connectivity index (χ3n) is 6.76. The summed E-state index contributed by atoms with van der Waals surface area (Å²) < 4.78 is 0. The Kier molecular flexibility index (Phi) is 6.25. The van der Waals surface area contributed by atoms with Crippen LogP contribution in [-0.4, -0.2) is 42.0 Å². The molecule has 0 radical (unpaired) electrons. The minimum absolute atomic E-state index is 0.110. The number of thiophene rings is 1. The second-order valence-corrected chi connectivity index (χ2v) is 10.3. The number of hydrogen-bond acceptors (Lipinski definition) is 7. The first-order valence-electron chi connectivity index (χ1n) is 12.0. The van der Waals surface area contributed by atoms with Gasteiger partial charge < -0.3 is 21.3 Å². The first-order chi connectivity index (χ1) is 17.4. The van der Waals surface area contributed by atoms with Gasteiger partial charge in [-0.3, -0.25) is 4.79 Å². The Bertz CT molecular complexity index is 1460. The number of aromatic nitrogens is 1. The number of pyridine rings is 1. The number of nitrogen functional groups attached to an aromatic ring is 2. The van der Waals surface area contributed by atoms with Crippen molar-refractivity contribution in [2.75, 3.05) is 42.5 Å². The fraction of sp³-hybridized carbons (Fsp3) is 0.250. The summed E-state index contributed by atoms with van der Waals surface area (Å²) in [6.07, 6.45) is 0. The molecule has 1 saturated heterocycles. The first-order valence-corrected chi connectivity index (χ1v) is 12.8. The van der Waals surface area contributed by atoms with Crippen molar-refractivity contribution in [3.8, 4) is 17.2 Å². The van der Waals surface area contributed by atoms with Crippen LogP contribution < -0.4 is 16.4 Å². The normalized spacial score (nSPS) is 13.8. The van der Waals surface area contributed by atoms with E-state index in [4.69, 9.17) is 11.5 Å². The number of nitrogens with zero attached hydrogens (tertiary/aromatic N) is 4. The van der Waals surface area contributed by atoms with E-state index in [2.05, 4.69) is 41.9 Å². The Labute approximate surface area is 214 Å². The van der Waals surface area contributed by atoms with Gasteiger partial charge >= 0.3 is 0 Å². The minimum atomic E-state index is -0.110. The Morgan fingerprint density at radius 1 is 1.03 bits per heavy atom. The van der Waals surface area contributed by atoms with Crippen LogP contribution in [0.2, 0.25) is 0 Å². The van der Waals surface area contributed by atoms with Crippen LogP contribution in [0.5, 0.6) is 0 Å². The van der Waals surface area contributed by atoms with Gasteiger partial charge in [0.2, 0.25) is 0 Å². The number of carbonyl (C=O) groups excluding carboxylic acids is 1. The highest BCUT2D eigenvalue weighted by Crippen LogP contribution is 2.43. The van der Waals surface area contributed by atoms with E-state index in [-0.39, 0.29) is 17.3 Å². The number of para-hydroxylation sites is 1. The quantitative estimate of drug-likeness (QED) is 0.407. The predicted molar refractivity (Wildman–Crippen MR) is 147 cm³/mol. The number of anilines is 3. The van der Waals surface area contributed by atoms with Gasteiger partial charge in [0.1, 0.15) is 27.2 Å². The maximum atomic E-state index is 13.6. The minimum Gasteiger partial charge on any atom is -0.397 e. The molecular weight excluding hydrogens is 468 g/mol. The fourth-order valence-corrected chi connectivity index (χ4v) is 5.80. The summed E-state index contributed by atoms with van der Waals surface area (Å²) in [4.78, 5) is 23.1. The topological polar surface area (TPSA) is 112 Å². The molecule has 1 fully saturated rings. The van der Waals surface area contributed by atoms with Crippen LogP contribution in [0, 0.1) is 11.3 Å². The van der Waals surface area contributed by atoms with E-state index in [0.29, 0.717) is 45.4 Å². The molecule has 5 rings (SSSR count). The molecule has 8 heteroatoms. The van der Waals surface area contributed by atoms with Crippen LogP contribution in [0.25, 0.3) is 21.3 Å². The molecule has 0 saturated carbocycles. The SMILES string of the molecule is CC(C)c1ccc(-c2c(C#N)c(N)nc3sc(C(=O)N4CCN(c5ccccc5)CC4)c(N)c23)cc1. The monoisotopic (exact) mass is 496 g/mol. The van der Waals surface area contributed by atoms with Crippen LogP contribution in [0.1, 0.15) is 40.6 Å². The lowest BCUT2D eigenvalue weighted by atomic mass is 9.94. The Morgan fingerprint density at radius 2 is 1.69 bits per heavy atom. The van der Waals surface area contributed by atoms with Gasteiger partial charge in [-0.15, -0.1) is 11.3 Å². The lowest BCUT2D eigenvalue weighted by Gasteiger charge is -2.36. The van der Waals surface area contributed by atoms with Gasteiger partial charge in [-0.05, 0) is 29.2 Å². The molecule has 4 aromatic rings. The number of nitriles is 1. The predicted octanol–water partition coefficient (Wildman–Crippen LogP) is 5.09. The fourth-order valence-electron chi connectivity index (χ4n) is 4.72. The standard InChI is InChI=1S/C28H28N6OS/c1-17(2)18-8-10-19(11-9-18)22-21(16-29)26(31)32-27-23(22)24(30)25(36-27)28(35)34-14-12-33(13-15-34)20-6-4-3-5-7-20/h3-11,17H,12-15,30H2,1-2H3,(H2,31,32). The van der Waals surface area contributed by atoms with E-state index in [1.165, 1.54) is 16.9 Å². The van der Waals surface area contributed by atoms with Crippen molar-refractivity contribution >= 4 is 44.7 Å². The molecule has 182 valence electrons. The molecule has 0 aliphatic carbocycles. The van der Waals surface area contributed by atoms with Crippen molar-refractivity contribution in [3.63, 3.8) is 0 Å². The summed E-state index contributed by atoms with van der Waals surface area (Å²) >= 11 is 1.24. The van der Waals surface area contributed by atoms with Crippen LogP contribution in [0.15, 0.2) is 54.6 Å². The molecule has 2 aromatic heterocycles. The van der Waals surface area contributed by atoms with Crippen molar-refractivity contribution < 1.29 is 4.79 Å². The summed E-state index contributed by atoms with van der Waals surface area (Å²) in [5, 5.41) is 10.5. The van der Waals surface area contributed by atoms with Gasteiger partial charge in [-0.1, -0.05) is 56.3 Å². The number of hydrogen-bond donors (Lipinski definition) is 2. The number of amides is 1. The number of carbonyl (C=O) groups is 1. The highest BCUT2D eigenvalue weighted by Gasteiger charge is 2.29. The summed E-state index contributed by atoms with van der Waals surface area (Å²) in [7, 11) is 0. The zero-order valence-corrected chi connectivity index (χ0v) is 21.2. The Hall–Kier alpha value is -4.09. The van der Waals surface area contributed by atoms with E-state index in [1.54, 1.807) is 0 Å². The number of benzene rings is 2. The second kappa shape index (κ2) is 9.51. The van der Waals surface area contributed by atoms with Crippen molar-refractivity contribution in [2.45, 2.75) is 19.8 Å². The van der Waals surface area contributed by atoms with Crippen molar-refractivity contribution in [3.05, 3.63) is 70.6 Å². The zero-order valence-electron chi connectivity index (χ0n) is 20.4. The lowest BCUT2D eigenvalue weighted by Crippen LogP contribution is -2.48. The van der Waals surface area contributed by atoms with Gasteiger partial charge in [0.25, 0.3) is 5.91 Å². The van der Waals surface area contributed by atoms with Crippen LogP contribution in [0.3, 0.4) is 0 Å². The van der Waals surface area contributed by atoms with E-state index in [1.807, 2.05) is 47.4 Å². The Balaban J connectivity index is 1.51. The third-order valence-corrected chi connectivity index (χ3v) is 7.85. The largest absolute Gasteiger partial charge is 0.397 e. The van der Waals surface area contributed by atoms with Crippen LogP contribution >= 0.6 is 11.3 Å². The highest BCUT2D eigenvalue weighted by atomic mass is 32.1. The van der Waals surface area contributed by atoms with Crippen molar-refractivity contribution in [1.82, 2.24) is 9.88 Å². The molecule has 1 aliphatic heterocycles. The van der Waals surface area contributed by atoms with E-state index in [9.17, 15) is 10.1 Å². The average Bonchev–Trinajstić information content (AvgIpc) is 3.23. The molecule has 1 aliphatic rings. The van der Waals surface area contributed by atoms with Crippen molar-refractivity contribution in [1.29, 1.82) is 5.26 Å². The molecule has 0 atom stereocenters. The number of piperazine rings is 1. The molecule has 2 aromatic carbocycles. The van der Waals surface area contributed by atoms with Gasteiger partial charge in [-0.25, -0.2) is 4.98 Å². The molecule has 0 spiro atoms. The summed E-state index contributed by atoms with van der Waals surface area (Å²) in [5.74, 6) is 0.417. The molecule has 36 heavy (non-hydrogen) atoms. The van der Waals surface area contributed by atoms with Gasteiger partial charge in [0, 0.05) is 42.8 Å². The average molecular weight is 497 g/mol. The van der Waals surface area contributed by atoms with Gasteiger partial charge in [-0.2, -0.15) is 5.26 Å². The van der Waals surface area contributed by atoms with E-state index < -0.39 is 0 Å². The number of nitrogens with two attached hydrogens (primary N) is 2. The molecule has 7 nitrogen and oxygen atoms in total. The Morgan fingerprint density at radius 3 is 2.31 bits per heavy atom. The summed E-state index contributed by atoms with van der Waals surface area (Å²) in [6.45, 7) is 6.96. The van der Waals surface area contributed by atoms with E-state index in [0.717, 1.165) is 24.3 Å². The molecule has 3 heterocycles. The summed E-state index contributed by atoms with van der Waals surface area (Å²) in [5.41, 5.74) is 17.3.